The Morgan fingerprint density at radius 1 is 1.28 bits per heavy atom. The number of nitrogens with zero attached hydrogens (tertiary/aromatic N) is 2. The lowest BCUT2D eigenvalue weighted by atomic mass is 9.98. The van der Waals surface area contributed by atoms with Gasteiger partial charge in [0.2, 0.25) is 0 Å². The van der Waals surface area contributed by atoms with Crippen LogP contribution in [0.15, 0.2) is 46.1 Å². The molecule has 6 atom stereocenters. The summed E-state index contributed by atoms with van der Waals surface area (Å²) in [6.45, 7) is 3.97. The number of unbranched alkanes of at least 4 members (excludes halogenated alkanes) is 1. The Kier molecular flexibility index (Phi) is 10.4. The SMILES string of the molecule is CCCCOC(=O)C(C)N(Oc1ccc(OC)cc1)[PH](=O)OC[C@H]1O[C@@H](n2ccc(=O)[nH]c2=O)[C@](C)(F)[C@@H]1O. The molecule has 0 amide bonds. The van der Waals surface area contributed by atoms with Crippen LogP contribution in [-0.4, -0.2) is 69.7 Å². The zero-order valence-corrected chi connectivity index (χ0v) is 23.0. The van der Waals surface area contributed by atoms with Crippen molar-refractivity contribution in [3.63, 3.8) is 0 Å². The zero-order valence-electron chi connectivity index (χ0n) is 22.0. The summed E-state index contributed by atoms with van der Waals surface area (Å²) in [6, 6.07) is 6.09. The minimum atomic E-state index is -3.36. The number of ether oxygens (including phenoxy) is 3. The molecule has 15 heteroatoms. The number of aliphatic hydroxyl groups excluding tert-OH is 1. The van der Waals surface area contributed by atoms with Gasteiger partial charge in [-0.2, -0.15) is 0 Å². The maximum absolute atomic E-state index is 15.4. The van der Waals surface area contributed by atoms with Gasteiger partial charge >= 0.3 is 11.7 Å². The number of rotatable bonds is 13. The van der Waals surface area contributed by atoms with E-state index in [9.17, 15) is 24.1 Å². The minimum Gasteiger partial charge on any atom is -0.497 e. The summed E-state index contributed by atoms with van der Waals surface area (Å²) in [5, 5.41) is 10.6. The largest absolute Gasteiger partial charge is 0.497 e. The van der Waals surface area contributed by atoms with Crippen LogP contribution in [0.1, 0.15) is 39.8 Å². The van der Waals surface area contributed by atoms with E-state index in [4.69, 9.17) is 23.6 Å². The molecular weight excluding hydrogens is 540 g/mol. The molecule has 1 fully saturated rings. The van der Waals surface area contributed by atoms with E-state index in [0.717, 1.165) is 35.0 Å². The highest BCUT2D eigenvalue weighted by Gasteiger charge is 2.55. The van der Waals surface area contributed by atoms with Gasteiger partial charge in [-0.3, -0.25) is 23.7 Å². The predicted octanol–water partition coefficient (Wildman–Crippen LogP) is 1.97. The third kappa shape index (κ3) is 7.34. The second kappa shape index (κ2) is 13.4. The first-order chi connectivity index (χ1) is 18.5. The average molecular weight is 574 g/mol. The summed E-state index contributed by atoms with van der Waals surface area (Å²) in [7, 11) is -1.87. The van der Waals surface area contributed by atoms with Crippen molar-refractivity contribution in [1.29, 1.82) is 0 Å². The molecule has 1 aromatic heterocycles. The number of hydrogen-bond donors (Lipinski definition) is 2. The molecule has 1 aliphatic heterocycles. The van der Waals surface area contributed by atoms with Crippen LogP contribution in [-0.2, 0) is 23.4 Å². The van der Waals surface area contributed by atoms with Gasteiger partial charge in [0.25, 0.3) is 13.7 Å². The third-order valence-corrected chi connectivity index (χ3v) is 7.32. The molecule has 39 heavy (non-hydrogen) atoms. The van der Waals surface area contributed by atoms with Gasteiger partial charge in [-0.15, -0.1) is 0 Å². The van der Waals surface area contributed by atoms with E-state index in [0.29, 0.717) is 12.2 Å². The Bertz CT molecular complexity index is 1250. The lowest BCUT2D eigenvalue weighted by molar-refractivity contribution is -0.155. The fraction of sp³-hybridized carbons (Fsp3) is 0.542. The summed E-state index contributed by atoms with van der Waals surface area (Å²) in [6.07, 6.45) is -2.26. The summed E-state index contributed by atoms with van der Waals surface area (Å²) < 4.78 is 50.7. The van der Waals surface area contributed by atoms with Crippen LogP contribution in [0.4, 0.5) is 4.39 Å². The van der Waals surface area contributed by atoms with E-state index in [1.165, 1.54) is 26.2 Å². The van der Waals surface area contributed by atoms with Crippen LogP contribution in [0.25, 0.3) is 0 Å². The van der Waals surface area contributed by atoms with Crippen LogP contribution < -0.4 is 20.8 Å². The molecule has 2 heterocycles. The molecule has 3 rings (SSSR count). The first-order valence-electron chi connectivity index (χ1n) is 12.3. The number of alkyl halides is 1. The van der Waals surface area contributed by atoms with Crippen molar-refractivity contribution in [2.24, 2.45) is 0 Å². The van der Waals surface area contributed by atoms with Crippen molar-refractivity contribution in [2.45, 2.75) is 63.8 Å². The first kappa shape index (κ1) is 30.5. The van der Waals surface area contributed by atoms with Crippen LogP contribution in [0.5, 0.6) is 11.5 Å². The number of halogens is 1. The summed E-state index contributed by atoms with van der Waals surface area (Å²) >= 11 is 0. The second-order valence-corrected chi connectivity index (χ2v) is 10.3. The normalized spacial score (nSPS) is 24.3. The Morgan fingerprint density at radius 3 is 2.56 bits per heavy atom. The van der Waals surface area contributed by atoms with Gasteiger partial charge in [-0.25, -0.2) is 9.18 Å². The zero-order chi connectivity index (χ0) is 28.7. The summed E-state index contributed by atoms with van der Waals surface area (Å²) in [4.78, 5) is 44.6. The average Bonchev–Trinajstić information content (AvgIpc) is 3.13. The van der Waals surface area contributed by atoms with Crippen molar-refractivity contribution in [3.05, 3.63) is 57.4 Å². The Balaban J connectivity index is 1.75. The molecule has 0 aliphatic carbocycles. The van der Waals surface area contributed by atoms with Gasteiger partial charge < -0.3 is 28.7 Å². The molecule has 0 saturated carbocycles. The Morgan fingerprint density at radius 2 is 1.95 bits per heavy atom. The molecule has 1 aromatic carbocycles. The molecule has 0 radical (unpaired) electrons. The molecule has 1 saturated heterocycles. The number of H-pyrrole nitrogens is 1. The van der Waals surface area contributed by atoms with E-state index < -0.39 is 62.2 Å². The number of carbonyl (C=O) groups is 1. The number of aromatic amines is 1. The van der Waals surface area contributed by atoms with Crippen molar-refractivity contribution >= 4 is 14.1 Å². The van der Waals surface area contributed by atoms with Gasteiger partial charge in [0.15, 0.2) is 11.9 Å². The first-order valence-corrected chi connectivity index (χ1v) is 13.5. The van der Waals surface area contributed by atoms with E-state index >= 15 is 4.39 Å². The number of esters is 1. The number of aromatic nitrogens is 2. The van der Waals surface area contributed by atoms with Crippen molar-refractivity contribution in [2.75, 3.05) is 20.3 Å². The van der Waals surface area contributed by atoms with Gasteiger partial charge in [0.1, 0.15) is 29.7 Å². The lowest BCUT2D eigenvalue weighted by Crippen LogP contribution is -2.43. The molecule has 0 spiro atoms. The van der Waals surface area contributed by atoms with Crippen molar-refractivity contribution in [1.82, 2.24) is 14.4 Å². The van der Waals surface area contributed by atoms with Crippen LogP contribution in [0, 0.1) is 0 Å². The maximum Gasteiger partial charge on any atom is 0.330 e. The molecule has 2 aromatic rings. The van der Waals surface area contributed by atoms with Gasteiger partial charge in [0, 0.05) is 12.3 Å². The number of hydrogen-bond acceptors (Lipinski definition) is 10. The topological polar surface area (TPSA) is 159 Å². The molecule has 216 valence electrons. The van der Waals surface area contributed by atoms with Crippen LogP contribution in [0.3, 0.4) is 0 Å². The van der Waals surface area contributed by atoms with E-state index in [-0.39, 0.29) is 12.4 Å². The number of benzene rings is 1. The highest BCUT2D eigenvalue weighted by Crippen LogP contribution is 2.42. The van der Waals surface area contributed by atoms with E-state index in [2.05, 4.69) is 0 Å². The van der Waals surface area contributed by atoms with Crippen LogP contribution in [0.2, 0.25) is 0 Å². The van der Waals surface area contributed by atoms with E-state index in [1.54, 1.807) is 12.1 Å². The quantitative estimate of drug-likeness (QED) is 0.156. The molecule has 13 nitrogen and oxygen atoms in total. The Hall–Kier alpha value is -3.03. The smallest absolute Gasteiger partial charge is 0.330 e. The number of hydroxylamine groups is 1. The fourth-order valence-corrected chi connectivity index (χ4v) is 4.77. The molecule has 1 aliphatic rings. The minimum absolute atomic E-state index is 0.167. The number of methoxy groups -OCH3 is 1. The monoisotopic (exact) mass is 573 g/mol. The van der Waals surface area contributed by atoms with Gasteiger partial charge in [0.05, 0.1) is 20.3 Å². The molecule has 2 unspecified atom stereocenters. The lowest BCUT2D eigenvalue weighted by Gasteiger charge is -2.27. The van der Waals surface area contributed by atoms with Crippen LogP contribution >= 0.6 is 8.18 Å². The molecule has 0 bridgehead atoms. The molecular formula is C24H33FN3O10P. The Labute approximate surface area is 224 Å². The molecule has 2 N–H and O–H groups in total. The van der Waals surface area contributed by atoms with E-state index in [1.807, 2.05) is 11.9 Å². The highest BCUT2D eigenvalue weighted by atomic mass is 31.1. The number of aliphatic hydroxyl groups is 1. The standard InChI is InChI=1S/C24H33FN3O10P/c1-5-6-13-35-21(31)15(2)28(38-17-9-7-16(34-4)8-10-17)39(33)36-14-18-20(30)24(3,25)22(37-18)27-12-11-19(29)26-23(27)32/h7-12,15,18,20,22,30,39H,5-6,13-14H2,1-4H3,(H,26,29,32)/t15?,18-,20-,22-,24-/m1/s1. The van der Waals surface area contributed by atoms with Gasteiger partial charge in [-0.05, 0) is 44.5 Å². The number of carbonyl (C=O) groups excluding carboxylic acids is 1. The summed E-state index contributed by atoms with van der Waals surface area (Å²) in [5.41, 5.74) is -4.09. The predicted molar refractivity (Wildman–Crippen MR) is 136 cm³/mol. The second-order valence-electron chi connectivity index (χ2n) is 9.01. The fourth-order valence-electron chi connectivity index (χ4n) is 3.74. The highest BCUT2D eigenvalue weighted by molar-refractivity contribution is 7.36. The number of nitrogens with one attached hydrogen (secondary N) is 1. The summed E-state index contributed by atoms with van der Waals surface area (Å²) in [5.74, 6) is 0.0597. The third-order valence-electron chi connectivity index (χ3n) is 6.07. The van der Waals surface area contributed by atoms with Crippen molar-refractivity contribution < 1.29 is 42.4 Å². The van der Waals surface area contributed by atoms with Gasteiger partial charge in [-0.1, -0.05) is 18.2 Å². The van der Waals surface area contributed by atoms with Crippen molar-refractivity contribution in [3.8, 4) is 11.5 Å². The maximum atomic E-state index is 15.4.